The Balaban J connectivity index is 1.75. The van der Waals surface area contributed by atoms with Crippen molar-refractivity contribution in [3.8, 4) is 22.3 Å². The van der Waals surface area contributed by atoms with Crippen LogP contribution in [0.1, 0.15) is 44.2 Å². The Bertz CT molecular complexity index is 902. The van der Waals surface area contributed by atoms with Crippen molar-refractivity contribution in [3.05, 3.63) is 95.8 Å². The molecule has 3 aromatic carbocycles. The second-order valence-electron chi connectivity index (χ2n) is 7.30. The molecule has 0 aliphatic carbocycles. The Labute approximate surface area is 168 Å². The van der Waals surface area contributed by atoms with Gasteiger partial charge < -0.3 is 0 Å². The molecular formula is C27H29F. The van der Waals surface area contributed by atoms with Gasteiger partial charge >= 0.3 is 0 Å². The molecule has 1 heteroatoms. The van der Waals surface area contributed by atoms with Crippen LogP contribution in [0.25, 0.3) is 22.3 Å². The van der Waals surface area contributed by atoms with E-state index in [-0.39, 0.29) is 5.82 Å². The molecule has 0 nitrogen and oxygen atoms in total. The highest BCUT2D eigenvalue weighted by Crippen LogP contribution is 2.28. The van der Waals surface area contributed by atoms with Crippen LogP contribution in [0.5, 0.6) is 0 Å². The van der Waals surface area contributed by atoms with E-state index in [0.29, 0.717) is 5.56 Å². The van der Waals surface area contributed by atoms with Gasteiger partial charge in [0.25, 0.3) is 0 Å². The quantitative estimate of drug-likeness (QED) is 0.351. The van der Waals surface area contributed by atoms with Gasteiger partial charge in [-0.05, 0) is 66.5 Å². The average molecular weight is 373 g/mol. The first-order valence-corrected chi connectivity index (χ1v) is 10.3. The fourth-order valence-corrected chi connectivity index (χ4v) is 3.44. The second-order valence-corrected chi connectivity index (χ2v) is 7.30. The van der Waals surface area contributed by atoms with Gasteiger partial charge in [0.1, 0.15) is 5.82 Å². The lowest BCUT2D eigenvalue weighted by Crippen LogP contribution is -1.89. The fourth-order valence-electron chi connectivity index (χ4n) is 3.44. The predicted molar refractivity (Wildman–Crippen MR) is 119 cm³/mol. The standard InChI is InChI=1S/C27H29F/c1-3-5-7-9-22-10-14-23(15-11-22)25-18-19-26(27(28)20-25)24-16-12-21(13-17-24)8-6-4-2/h3,5,10-20H,4,6-9H2,1-2H3/b5-3+. The lowest BCUT2D eigenvalue weighted by molar-refractivity contribution is 0.632. The summed E-state index contributed by atoms with van der Waals surface area (Å²) in [4.78, 5) is 0. The van der Waals surface area contributed by atoms with Gasteiger partial charge in [-0.15, -0.1) is 0 Å². The molecule has 0 aliphatic rings. The monoisotopic (exact) mass is 372 g/mol. The number of halogens is 1. The van der Waals surface area contributed by atoms with Gasteiger partial charge in [0.05, 0.1) is 0 Å². The van der Waals surface area contributed by atoms with Crippen LogP contribution in [0, 0.1) is 5.82 Å². The van der Waals surface area contributed by atoms with Gasteiger partial charge in [-0.2, -0.15) is 0 Å². The summed E-state index contributed by atoms with van der Waals surface area (Å²) in [6, 6.07) is 22.3. The molecule has 28 heavy (non-hydrogen) atoms. The Hall–Kier alpha value is -2.67. The molecule has 0 bridgehead atoms. The van der Waals surface area contributed by atoms with E-state index in [1.807, 2.05) is 31.2 Å². The molecule has 0 amide bonds. The van der Waals surface area contributed by atoms with Crippen molar-refractivity contribution in [1.29, 1.82) is 0 Å². The number of aryl methyl sites for hydroxylation is 2. The minimum Gasteiger partial charge on any atom is -0.206 e. The number of unbranched alkanes of at least 4 members (excludes halogenated alkanes) is 1. The molecule has 0 radical (unpaired) electrons. The van der Waals surface area contributed by atoms with Crippen LogP contribution in [0.3, 0.4) is 0 Å². The SMILES string of the molecule is C/C=C/CCc1ccc(-c2ccc(-c3ccc(CCCC)cc3)c(F)c2)cc1. The predicted octanol–water partition coefficient (Wildman–Crippen LogP) is 8.01. The van der Waals surface area contributed by atoms with Crippen molar-refractivity contribution < 1.29 is 4.39 Å². The Morgan fingerprint density at radius 3 is 1.96 bits per heavy atom. The highest BCUT2D eigenvalue weighted by Gasteiger charge is 2.08. The van der Waals surface area contributed by atoms with E-state index in [0.717, 1.165) is 36.0 Å². The molecule has 0 heterocycles. The molecule has 0 atom stereocenters. The molecule has 0 saturated carbocycles. The van der Waals surface area contributed by atoms with E-state index in [2.05, 4.69) is 55.5 Å². The van der Waals surface area contributed by atoms with Crippen molar-refractivity contribution in [2.75, 3.05) is 0 Å². The van der Waals surface area contributed by atoms with Crippen LogP contribution in [0.15, 0.2) is 78.9 Å². The van der Waals surface area contributed by atoms with Gasteiger partial charge in [-0.1, -0.05) is 86.2 Å². The van der Waals surface area contributed by atoms with Crippen LogP contribution in [0.4, 0.5) is 4.39 Å². The summed E-state index contributed by atoms with van der Waals surface area (Å²) in [7, 11) is 0. The Morgan fingerprint density at radius 1 is 0.750 bits per heavy atom. The molecule has 0 spiro atoms. The maximum atomic E-state index is 14.8. The zero-order valence-electron chi connectivity index (χ0n) is 16.9. The van der Waals surface area contributed by atoms with Crippen LogP contribution >= 0.6 is 0 Å². The molecule has 3 aromatic rings. The smallest absolute Gasteiger partial charge is 0.131 e. The van der Waals surface area contributed by atoms with Crippen molar-refractivity contribution in [1.82, 2.24) is 0 Å². The summed E-state index contributed by atoms with van der Waals surface area (Å²) in [6.45, 7) is 4.24. The van der Waals surface area contributed by atoms with Gasteiger partial charge in [-0.3, -0.25) is 0 Å². The molecule has 0 aromatic heterocycles. The molecule has 144 valence electrons. The first kappa shape index (κ1) is 20.1. The van der Waals surface area contributed by atoms with Crippen molar-refractivity contribution in [3.63, 3.8) is 0 Å². The van der Waals surface area contributed by atoms with E-state index >= 15 is 0 Å². The lowest BCUT2D eigenvalue weighted by atomic mass is 9.97. The van der Waals surface area contributed by atoms with E-state index in [1.165, 1.54) is 24.0 Å². The zero-order valence-corrected chi connectivity index (χ0v) is 16.9. The zero-order chi connectivity index (χ0) is 19.8. The van der Waals surface area contributed by atoms with E-state index in [1.54, 1.807) is 6.07 Å². The lowest BCUT2D eigenvalue weighted by Gasteiger charge is -2.09. The number of allylic oxidation sites excluding steroid dienone is 2. The van der Waals surface area contributed by atoms with E-state index in [4.69, 9.17) is 0 Å². The van der Waals surface area contributed by atoms with Crippen molar-refractivity contribution in [2.45, 2.75) is 46.0 Å². The third kappa shape index (κ3) is 5.19. The largest absolute Gasteiger partial charge is 0.206 e. The molecule has 0 N–H and O–H groups in total. The van der Waals surface area contributed by atoms with Crippen LogP contribution in [-0.2, 0) is 12.8 Å². The fraction of sp³-hybridized carbons (Fsp3) is 0.259. The van der Waals surface area contributed by atoms with Crippen LogP contribution in [-0.4, -0.2) is 0 Å². The highest BCUT2D eigenvalue weighted by atomic mass is 19.1. The molecule has 3 rings (SSSR count). The third-order valence-corrected chi connectivity index (χ3v) is 5.18. The van der Waals surface area contributed by atoms with Gasteiger partial charge in [0, 0.05) is 5.56 Å². The minimum atomic E-state index is -0.170. The van der Waals surface area contributed by atoms with Crippen molar-refractivity contribution >= 4 is 0 Å². The Morgan fingerprint density at radius 2 is 1.36 bits per heavy atom. The molecule has 0 saturated heterocycles. The van der Waals surface area contributed by atoms with Gasteiger partial charge in [-0.25, -0.2) is 4.39 Å². The van der Waals surface area contributed by atoms with E-state index in [9.17, 15) is 4.39 Å². The average Bonchev–Trinajstić information content (AvgIpc) is 2.73. The third-order valence-electron chi connectivity index (χ3n) is 5.18. The van der Waals surface area contributed by atoms with Crippen LogP contribution in [0.2, 0.25) is 0 Å². The summed E-state index contributed by atoms with van der Waals surface area (Å²) in [5.41, 5.74) is 6.19. The number of hydrogen-bond donors (Lipinski definition) is 0. The van der Waals surface area contributed by atoms with Gasteiger partial charge in [0.2, 0.25) is 0 Å². The summed E-state index contributed by atoms with van der Waals surface area (Å²) in [5.74, 6) is -0.170. The molecule has 0 unspecified atom stereocenters. The molecule has 0 aliphatic heterocycles. The summed E-state index contributed by atoms with van der Waals surface area (Å²) in [6.07, 6.45) is 9.81. The molecular weight excluding hydrogens is 343 g/mol. The highest BCUT2D eigenvalue weighted by molar-refractivity contribution is 5.71. The normalized spacial score (nSPS) is 11.2. The number of rotatable bonds is 8. The number of hydrogen-bond acceptors (Lipinski definition) is 0. The Kier molecular flexibility index (Phi) is 7.19. The first-order chi connectivity index (χ1) is 13.7. The first-order valence-electron chi connectivity index (χ1n) is 10.3. The number of benzene rings is 3. The maximum Gasteiger partial charge on any atom is 0.131 e. The minimum absolute atomic E-state index is 0.170. The molecule has 0 fully saturated rings. The second kappa shape index (κ2) is 10.0. The summed E-state index contributed by atoms with van der Waals surface area (Å²) in [5, 5.41) is 0. The summed E-state index contributed by atoms with van der Waals surface area (Å²) < 4.78 is 14.8. The van der Waals surface area contributed by atoms with E-state index < -0.39 is 0 Å². The van der Waals surface area contributed by atoms with Crippen LogP contribution < -0.4 is 0 Å². The maximum absolute atomic E-state index is 14.8. The van der Waals surface area contributed by atoms with Gasteiger partial charge in [0.15, 0.2) is 0 Å². The summed E-state index contributed by atoms with van der Waals surface area (Å²) >= 11 is 0. The van der Waals surface area contributed by atoms with Crippen molar-refractivity contribution in [2.24, 2.45) is 0 Å². The topological polar surface area (TPSA) is 0 Å².